The van der Waals surface area contributed by atoms with Gasteiger partial charge in [0.15, 0.2) is 0 Å². The van der Waals surface area contributed by atoms with Crippen LogP contribution in [0.15, 0.2) is 30.6 Å². The standard InChI is InChI=1S/C13H18N2/c1-14-11-5-6-12(14)10-13(9-11)15-7-3-2-4-8-15/h2-4,7-8,11-12H,5-6,9-10H2,1H3/t11-,12+. The van der Waals surface area contributed by atoms with E-state index in [1.54, 1.807) is 6.04 Å². The maximum atomic E-state index is 2.58. The summed E-state index contributed by atoms with van der Waals surface area (Å²) in [5.74, 6) is 0. The molecule has 3 heterocycles. The molecular formula is C13H18N2. The van der Waals surface area contributed by atoms with Gasteiger partial charge in [-0.05, 0) is 32.7 Å². The molecule has 0 radical (unpaired) electrons. The molecule has 0 spiro atoms. The third-order valence-electron chi connectivity index (χ3n) is 4.01. The number of pyridine rings is 1. The van der Waals surface area contributed by atoms with Crippen molar-refractivity contribution in [3.8, 4) is 0 Å². The van der Waals surface area contributed by atoms with Crippen molar-refractivity contribution in [2.75, 3.05) is 7.05 Å². The molecule has 1 aromatic rings. The molecule has 2 aliphatic heterocycles. The van der Waals surface area contributed by atoms with E-state index in [1.807, 2.05) is 0 Å². The molecule has 80 valence electrons. The van der Waals surface area contributed by atoms with E-state index in [0.29, 0.717) is 0 Å². The van der Waals surface area contributed by atoms with Gasteiger partial charge in [0.05, 0.1) is 18.4 Å². The molecule has 2 heteroatoms. The molecule has 3 rings (SSSR count). The van der Waals surface area contributed by atoms with Crippen molar-refractivity contribution in [1.82, 2.24) is 4.90 Å². The van der Waals surface area contributed by atoms with E-state index in [1.165, 1.54) is 25.7 Å². The summed E-state index contributed by atoms with van der Waals surface area (Å²) in [6.45, 7) is 0. The third kappa shape index (κ3) is 1.53. The molecule has 0 aliphatic carbocycles. The highest BCUT2D eigenvalue weighted by atomic mass is 15.2. The van der Waals surface area contributed by atoms with Gasteiger partial charge in [-0.2, -0.15) is 0 Å². The lowest BCUT2D eigenvalue weighted by atomic mass is 9.98. The van der Waals surface area contributed by atoms with E-state index in [-0.39, 0.29) is 0 Å². The van der Waals surface area contributed by atoms with E-state index < -0.39 is 0 Å². The molecule has 2 atom stereocenters. The van der Waals surface area contributed by atoms with Crippen LogP contribution in [0, 0.1) is 6.04 Å². The fraction of sp³-hybridized carbons (Fsp3) is 0.538. The summed E-state index contributed by atoms with van der Waals surface area (Å²) >= 11 is 0. The zero-order valence-corrected chi connectivity index (χ0v) is 9.26. The third-order valence-corrected chi connectivity index (χ3v) is 4.01. The molecule has 2 bridgehead atoms. The molecule has 0 aromatic carbocycles. The van der Waals surface area contributed by atoms with Gasteiger partial charge in [-0.15, -0.1) is 0 Å². The molecule has 0 N–H and O–H groups in total. The highest BCUT2D eigenvalue weighted by Crippen LogP contribution is 2.36. The number of rotatable bonds is 1. The quantitative estimate of drug-likeness (QED) is 0.496. The summed E-state index contributed by atoms with van der Waals surface area (Å²) in [6, 6.07) is 9.51. The Hall–Kier alpha value is -1.02. The van der Waals surface area contributed by atoms with Gasteiger partial charge in [0.25, 0.3) is 0 Å². The Bertz CT molecular complexity index is 322. The molecule has 2 saturated heterocycles. The summed E-state index contributed by atoms with van der Waals surface area (Å²) in [7, 11) is 2.29. The van der Waals surface area contributed by atoms with Crippen LogP contribution < -0.4 is 4.57 Å². The Morgan fingerprint density at radius 1 is 1.07 bits per heavy atom. The monoisotopic (exact) mass is 202 g/mol. The van der Waals surface area contributed by atoms with E-state index in [2.05, 4.69) is 47.1 Å². The lowest BCUT2D eigenvalue weighted by molar-refractivity contribution is -0.663. The SMILES string of the molecule is CN1[C@@H]2CC[C@H]1C[C-]([n+]1ccccc1)C2. The van der Waals surface area contributed by atoms with Crippen LogP contribution in [0.25, 0.3) is 0 Å². The van der Waals surface area contributed by atoms with Gasteiger partial charge in [0, 0.05) is 12.1 Å². The van der Waals surface area contributed by atoms with Crippen molar-refractivity contribution in [3.05, 3.63) is 36.6 Å². The first kappa shape index (κ1) is 9.22. The van der Waals surface area contributed by atoms with Crippen molar-refractivity contribution in [1.29, 1.82) is 0 Å². The highest BCUT2D eigenvalue weighted by Gasteiger charge is 2.39. The van der Waals surface area contributed by atoms with Crippen LogP contribution in [0.2, 0.25) is 0 Å². The minimum absolute atomic E-state index is 0.798. The number of piperidine rings is 1. The van der Waals surface area contributed by atoms with Gasteiger partial charge in [-0.25, -0.2) is 0 Å². The van der Waals surface area contributed by atoms with E-state index in [4.69, 9.17) is 0 Å². The Labute approximate surface area is 91.5 Å². The number of hydrogen-bond acceptors (Lipinski definition) is 1. The first-order valence-corrected chi connectivity index (χ1v) is 5.88. The predicted molar refractivity (Wildman–Crippen MR) is 59.1 cm³/mol. The minimum Gasteiger partial charge on any atom is -0.334 e. The summed E-state index contributed by atoms with van der Waals surface area (Å²) in [6.07, 6.45) is 9.64. The fourth-order valence-electron chi connectivity index (χ4n) is 3.03. The van der Waals surface area contributed by atoms with Gasteiger partial charge < -0.3 is 9.47 Å². The zero-order valence-electron chi connectivity index (χ0n) is 9.26. The molecule has 0 unspecified atom stereocenters. The van der Waals surface area contributed by atoms with Gasteiger partial charge in [-0.1, -0.05) is 18.2 Å². The zero-order chi connectivity index (χ0) is 10.3. The maximum absolute atomic E-state index is 2.58. The van der Waals surface area contributed by atoms with Crippen LogP contribution in [0.5, 0.6) is 0 Å². The summed E-state index contributed by atoms with van der Waals surface area (Å²) in [5.41, 5.74) is 0. The molecular weight excluding hydrogens is 184 g/mol. The second kappa shape index (κ2) is 3.53. The first-order valence-electron chi connectivity index (χ1n) is 5.88. The normalized spacial score (nSPS) is 30.9. The molecule has 2 fully saturated rings. The number of fused-ring (bicyclic) bond motifs is 2. The summed E-state index contributed by atoms with van der Waals surface area (Å²) < 4.78 is 2.32. The molecule has 0 amide bonds. The molecule has 2 nitrogen and oxygen atoms in total. The van der Waals surface area contributed by atoms with Crippen molar-refractivity contribution < 1.29 is 4.57 Å². The lowest BCUT2D eigenvalue weighted by Gasteiger charge is -2.36. The van der Waals surface area contributed by atoms with Gasteiger partial charge >= 0.3 is 0 Å². The maximum Gasteiger partial charge on any atom is 0.0694 e. The molecule has 1 aromatic heterocycles. The van der Waals surface area contributed by atoms with Crippen LogP contribution in [0.1, 0.15) is 25.7 Å². The van der Waals surface area contributed by atoms with E-state index in [0.717, 1.165) is 12.1 Å². The second-order valence-corrected chi connectivity index (χ2v) is 4.81. The Balaban J connectivity index is 1.81. The van der Waals surface area contributed by atoms with Gasteiger partial charge in [-0.3, -0.25) is 0 Å². The van der Waals surface area contributed by atoms with Gasteiger partial charge in [0.1, 0.15) is 0 Å². The van der Waals surface area contributed by atoms with Crippen molar-refractivity contribution in [3.63, 3.8) is 0 Å². The molecule has 0 saturated carbocycles. The summed E-state index contributed by atoms with van der Waals surface area (Å²) in [4.78, 5) is 2.58. The van der Waals surface area contributed by atoms with Crippen LogP contribution >= 0.6 is 0 Å². The van der Waals surface area contributed by atoms with E-state index >= 15 is 0 Å². The number of aromatic nitrogens is 1. The van der Waals surface area contributed by atoms with E-state index in [9.17, 15) is 0 Å². The van der Waals surface area contributed by atoms with Crippen molar-refractivity contribution in [2.45, 2.75) is 37.8 Å². The topological polar surface area (TPSA) is 7.12 Å². The minimum atomic E-state index is 0.798. The average molecular weight is 202 g/mol. The number of nitrogens with zero attached hydrogens (tertiary/aromatic N) is 2. The van der Waals surface area contributed by atoms with Crippen molar-refractivity contribution in [2.24, 2.45) is 0 Å². The Kier molecular flexibility index (Phi) is 2.17. The lowest BCUT2D eigenvalue weighted by Crippen LogP contribution is -2.50. The predicted octanol–water partition coefficient (Wildman–Crippen LogP) is 1.61. The highest BCUT2D eigenvalue weighted by molar-refractivity contribution is 5.01. The van der Waals surface area contributed by atoms with Crippen LogP contribution in [-0.2, 0) is 0 Å². The summed E-state index contributed by atoms with van der Waals surface area (Å²) in [5, 5.41) is 0. The fourth-order valence-corrected chi connectivity index (χ4v) is 3.03. The largest absolute Gasteiger partial charge is 0.334 e. The van der Waals surface area contributed by atoms with Crippen LogP contribution in [-0.4, -0.2) is 24.0 Å². The molecule has 2 aliphatic rings. The Morgan fingerprint density at radius 3 is 2.27 bits per heavy atom. The number of hydrogen-bond donors (Lipinski definition) is 0. The average Bonchev–Trinajstić information content (AvgIpc) is 2.54. The Morgan fingerprint density at radius 2 is 1.67 bits per heavy atom. The first-order chi connectivity index (χ1) is 7.34. The smallest absolute Gasteiger partial charge is 0.0694 e. The van der Waals surface area contributed by atoms with Crippen LogP contribution in [0.4, 0.5) is 0 Å². The molecule has 15 heavy (non-hydrogen) atoms. The van der Waals surface area contributed by atoms with Gasteiger partial charge in [0.2, 0.25) is 0 Å². The second-order valence-electron chi connectivity index (χ2n) is 4.81. The van der Waals surface area contributed by atoms with Crippen molar-refractivity contribution >= 4 is 0 Å². The van der Waals surface area contributed by atoms with Crippen LogP contribution in [0.3, 0.4) is 0 Å².